The molecule has 2 amide bonds. The van der Waals surface area contributed by atoms with Crippen molar-refractivity contribution in [1.29, 1.82) is 0 Å². The van der Waals surface area contributed by atoms with Crippen molar-refractivity contribution in [3.8, 4) is 5.75 Å². The van der Waals surface area contributed by atoms with Crippen LogP contribution in [0.2, 0.25) is 0 Å². The lowest BCUT2D eigenvalue weighted by molar-refractivity contribution is 0.142. The molecule has 1 saturated heterocycles. The second-order valence-corrected chi connectivity index (χ2v) is 5.89. The Hall–Kier alpha value is -1.75. The largest absolute Gasteiger partial charge is 0.491 e. The summed E-state index contributed by atoms with van der Waals surface area (Å²) in [5.74, 6) is 0.846. The van der Waals surface area contributed by atoms with Gasteiger partial charge >= 0.3 is 6.03 Å². The SMILES string of the molecule is CCN1CCN(C(=O)NCc2cccc(OC(C)C)c2)CC1. The van der Waals surface area contributed by atoms with Crippen molar-refractivity contribution in [2.75, 3.05) is 32.7 Å². The standard InChI is InChI=1S/C17H27N3O2/c1-4-19-8-10-20(11-9-19)17(21)18-13-15-6-5-7-16(12-15)22-14(2)3/h5-7,12,14H,4,8-11,13H2,1-3H3,(H,18,21). The van der Waals surface area contributed by atoms with Crippen LogP contribution >= 0.6 is 0 Å². The third kappa shape index (κ3) is 4.91. The van der Waals surface area contributed by atoms with Gasteiger partial charge in [-0.25, -0.2) is 4.79 Å². The first-order chi connectivity index (χ1) is 10.6. The predicted molar refractivity (Wildman–Crippen MR) is 88.1 cm³/mol. The molecule has 1 aromatic rings. The monoisotopic (exact) mass is 305 g/mol. The number of nitrogens with one attached hydrogen (secondary N) is 1. The Labute approximate surface area is 133 Å². The number of hydrogen-bond acceptors (Lipinski definition) is 3. The maximum atomic E-state index is 12.2. The molecule has 122 valence electrons. The number of piperazine rings is 1. The molecule has 1 fully saturated rings. The molecule has 0 radical (unpaired) electrons. The number of rotatable bonds is 5. The number of carbonyl (C=O) groups excluding carboxylic acids is 1. The Bertz CT molecular complexity index is 483. The summed E-state index contributed by atoms with van der Waals surface area (Å²) in [6.07, 6.45) is 0.153. The minimum Gasteiger partial charge on any atom is -0.491 e. The van der Waals surface area contributed by atoms with Crippen LogP contribution in [0, 0.1) is 0 Å². The fraction of sp³-hybridized carbons (Fsp3) is 0.588. The molecule has 1 heterocycles. The molecule has 1 aliphatic rings. The summed E-state index contributed by atoms with van der Waals surface area (Å²) >= 11 is 0. The highest BCUT2D eigenvalue weighted by Crippen LogP contribution is 2.15. The van der Waals surface area contributed by atoms with Gasteiger partial charge in [0.2, 0.25) is 0 Å². The van der Waals surface area contributed by atoms with Gasteiger partial charge in [-0.1, -0.05) is 19.1 Å². The van der Waals surface area contributed by atoms with E-state index in [0.29, 0.717) is 6.54 Å². The van der Waals surface area contributed by atoms with Crippen LogP contribution in [-0.4, -0.2) is 54.7 Å². The third-order valence-corrected chi connectivity index (χ3v) is 3.82. The molecule has 0 saturated carbocycles. The lowest BCUT2D eigenvalue weighted by atomic mass is 10.2. The minimum absolute atomic E-state index is 0.0194. The topological polar surface area (TPSA) is 44.8 Å². The summed E-state index contributed by atoms with van der Waals surface area (Å²) < 4.78 is 5.67. The van der Waals surface area contributed by atoms with E-state index in [4.69, 9.17) is 4.74 Å². The molecule has 22 heavy (non-hydrogen) atoms. The summed E-state index contributed by atoms with van der Waals surface area (Å²) in [7, 11) is 0. The molecule has 0 bridgehead atoms. The highest BCUT2D eigenvalue weighted by molar-refractivity contribution is 5.74. The Kier molecular flexibility index (Phi) is 6.07. The minimum atomic E-state index is 0.0194. The van der Waals surface area contributed by atoms with Crippen LogP contribution in [-0.2, 0) is 6.54 Å². The molecule has 5 nitrogen and oxygen atoms in total. The summed E-state index contributed by atoms with van der Waals surface area (Å²) in [6.45, 7) is 11.3. The van der Waals surface area contributed by atoms with E-state index >= 15 is 0 Å². The number of benzene rings is 1. The van der Waals surface area contributed by atoms with E-state index < -0.39 is 0 Å². The number of amides is 2. The first-order valence-corrected chi connectivity index (χ1v) is 8.09. The molecule has 5 heteroatoms. The molecule has 0 unspecified atom stereocenters. The number of likely N-dealkylation sites (N-methyl/N-ethyl adjacent to an activating group) is 1. The van der Waals surface area contributed by atoms with E-state index in [-0.39, 0.29) is 12.1 Å². The Morgan fingerprint density at radius 1 is 1.27 bits per heavy atom. The average molecular weight is 305 g/mol. The number of carbonyl (C=O) groups is 1. The highest BCUT2D eigenvalue weighted by Gasteiger charge is 2.19. The van der Waals surface area contributed by atoms with Crippen molar-refractivity contribution in [1.82, 2.24) is 15.1 Å². The molecule has 0 aromatic heterocycles. The lowest BCUT2D eigenvalue weighted by Crippen LogP contribution is -2.51. The van der Waals surface area contributed by atoms with Crippen LogP contribution in [0.5, 0.6) is 5.75 Å². The Balaban J connectivity index is 1.81. The van der Waals surface area contributed by atoms with E-state index in [2.05, 4.69) is 17.1 Å². The first kappa shape index (κ1) is 16.6. The normalized spacial score (nSPS) is 15.9. The van der Waals surface area contributed by atoms with Crippen LogP contribution in [0.3, 0.4) is 0 Å². The van der Waals surface area contributed by atoms with Gasteiger partial charge in [-0.3, -0.25) is 0 Å². The quantitative estimate of drug-likeness (QED) is 0.908. The zero-order chi connectivity index (χ0) is 15.9. The number of urea groups is 1. The molecule has 1 aromatic carbocycles. The van der Waals surface area contributed by atoms with E-state index in [0.717, 1.165) is 44.0 Å². The summed E-state index contributed by atoms with van der Waals surface area (Å²) in [6, 6.07) is 7.90. The average Bonchev–Trinajstić information content (AvgIpc) is 2.52. The molecule has 2 rings (SSSR count). The van der Waals surface area contributed by atoms with Crippen molar-refractivity contribution in [2.45, 2.75) is 33.4 Å². The van der Waals surface area contributed by atoms with Crippen LogP contribution in [0.25, 0.3) is 0 Å². The summed E-state index contributed by atoms with van der Waals surface area (Å²) in [5.41, 5.74) is 1.05. The third-order valence-electron chi connectivity index (χ3n) is 3.82. The first-order valence-electron chi connectivity index (χ1n) is 8.09. The van der Waals surface area contributed by atoms with Crippen LogP contribution in [0.1, 0.15) is 26.3 Å². The van der Waals surface area contributed by atoms with Gasteiger partial charge in [-0.2, -0.15) is 0 Å². The van der Waals surface area contributed by atoms with Gasteiger partial charge in [0.1, 0.15) is 5.75 Å². The summed E-state index contributed by atoms with van der Waals surface area (Å²) in [4.78, 5) is 16.4. The smallest absolute Gasteiger partial charge is 0.317 e. The zero-order valence-electron chi connectivity index (χ0n) is 13.8. The molecule has 1 N–H and O–H groups in total. The van der Waals surface area contributed by atoms with Crippen molar-refractivity contribution in [3.05, 3.63) is 29.8 Å². The number of ether oxygens (including phenoxy) is 1. The van der Waals surface area contributed by atoms with Gasteiger partial charge in [0.05, 0.1) is 6.10 Å². The van der Waals surface area contributed by atoms with Crippen molar-refractivity contribution in [2.24, 2.45) is 0 Å². The van der Waals surface area contributed by atoms with Gasteiger partial charge in [0, 0.05) is 32.7 Å². The highest BCUT2D eigenvalue weighted by atomic mass is 16.5. The second-order valence-electron chi connectivity index (χ2n) is 5.89. The van der Waals surface area contributed by atoms with Crippen LogP contribution < -0.4 is 10.1 Å². The molecule has 0 atom stereocenters. The number of hydrogen-bond donors (Lipinski definition) is 1. The van der Waals surface area contributed by atoms with Crippen LogP contribution in [0.15, 0.2) is 24.3 Å². The Morgan fingerprint density at radius 2 is 2.00 bits per heavy atom. The predicted octanol–water partition coefficient (Wildman–Crippen LogP) is 2.32. The molecule has 0 spiro atoms. The molecular weight excluding hydrogens is 278 g/mol. The van der Waals surface area contributed by atoms with E-state index in [1.54, 1.807) is 0 Å². The van der Waals surface area contributed by atoms with E-state index in [9.17, 15) is 4.79 Å². The molecular formula is C17H27N3O2. The maximum absolute atomic E-state index is 12.2. The molecule has 0 aliphatic carbocycles. The van der Waals surface area contributed by atoms with E-state index in [1.165, 1.54) is 0 Å². The summed E-state index contributed by atoms with van der Waals surface area (Å²) in [5, 5.41) is 2.99. The lowest BCUT2D eigenvalue weighted by Gasteiger charge is -2.34. The van der Waals surface area contributed by atoms with Crippen molar-refractivity contribution >= 4 is 6.03 Å². The maximum Gasteiger partial charge on any atom is 0.317 e. The van der Waals surface area contributed by atoms with Gasteiger partial charge in [-0.15, -0.1) is 0 Å². The molecule has 1 aliphatic heterocycles. The van der Waals surface area contributed by atoms with E-state index in [1.807, 2.05) is 43.0 Å². The second kappa shape index (κ2) is 8.03. The Morgan fingerprint density at radius 3 is 2.64 bits per heavy atom. The van der Waals surface area contributed by atoms with Gasteiger partial charge < -0.3 is 19.9 Å². The van der Waals surface area contributed by atoms with Gasteiger partial charge in [0.25, 0.3) is 0 Å². The zero-order valence-corrected chi connectivity index (χ0v) is 13.8. The van der Waals surface area contributed by atoms with Gasteiger partial charge in [0.15, 0.2) is 0 Å². The van der Waals surface area contributed by atoms with Crippen LogP contribution in [0.4, 0.5) is 4.79 Å². The fourth-order valence-electron chi connectivity index (χ4n) is 2.56. The van der Waals surface area contributed by atoms with Gasteiger partial charge in [-0.05, 0) is 38.1 Å². The van der Waals surface area contributed by atoms with Crippen molar-refractivity contribution < 1.29 is 9.53 Å². The fourth-order valence-corrected chi connectivity index (χ4v) is 2.56. The van der Waals surface area contributed by atoms with Crippen molar-refractivity contribution in [3.63, 3.8) is 0 Å². The number of nitrogens with zero attached hydrogens (tertiary/aromatic N) is 2.